The Hall–Kier alpha value is -4.01. The topological polar surface area (TPSA) is 130 Å². The summed E-state index contributed by atoms with van der Waals surface area (Å²) in [6, 6.07) is 11.1. The molecule has 0 aliphatic carbocycles. The first-order chi connectivity index (χ1) is 13.5. The SMILES string of the molecule is O=C(CCc1nnn2c1ncc1cc(O)ccc12)Nc1ccccc1C(=O)O. The first-order valence-corrected chi connectivity index (χ1v) is 8.47. The average Bonchev–Trinajstić information content (AvgIpc) is 3.09. The summed E-state index contributed by atoms with van der Waals surface area (Å²) in [4.78, 5) is 27.8. The number of aromatic hydroxyl groups is 1. The number of rotatable bonds is 5. The molecule has 2 aromatic heterocycles. The second kappa shape index (κ2) is 6.95. The highest BCUT2D eigenvalue weighted by Gasteiger charge is 2.15. The van der Waals surface area contributed by atoms with Crippen LogP contribution in [0.5, 0.6) is 5.75 Å². The van der Waals surface area contributed by atoms with Crippen LogP contribution in [0.3, 0.4) is 0 Å². The second-order valence-electron chi connectivity index (χ2n) is 6.17. The van der Waals surface area contributed by atoms with Gasteiger partial charge in [0.2, 0.25) is 5.91 Å². The molecule has 140 valence electrons. The molecule has 3 N–H and O–H groups in total. The van der Waals surface area contributed by atoms with E-state index in [4.69, 9.17) is 0 Å². The molecule has 9 heteroatoms. The van der Waals surface area contributed by atoms with Crippen molar-refractivity contribution in [3.63, 3.8) is 0 Å². The van der Waals surface area contributed by atoms with Gasteiger partial charge in [0.15, 0.2) is 5.65 Å². The molecular weight excluding hydrogens is 362 g/mol. The normalized spacial score (nSPS) is 11.0. The summed E-state index contributed by atoms with van der Waals surface area (Å²) in [5.41, 5.74) is 2.09. The van der Waals surface area contributed by atoms with Crippen LogP contribution in [-0.2, 0) is 11.2 Å². The van der Waals surface area contributed by atoms with Crippen LogP contribution >= 0.6 is 0 Å². The lowest BCUT2D eigenvalue weighted by molar-refractivity contribution is -0.116. The first kappa shape index (κ1) is 17.4. The van der Waals surface area contributed by atoms with E-state index in [9.17, 15) is 19.8 Å². The smallest absolute Gasteiger partial charge is 0.337 e. The maximum absolute atomic E-state index is 12.3. The van der Waals surface area contributed by atoms with Gasteiger partial charge < -0.3 is 15.5 Å². The highest BCUT2D eigenvalue weighted by molar-refractivity contribution is 6.00. The van der Waals surface area contributed by atoms with Crippen molar-refractivity contribution in [2.24, 2.45) is 0 Å². The monoisotopic (exact) mass is 377 g/mol. The second-order valence-corrected chi connectivity index (χ2v) is 6.17. The number of carboxylic acids is 1. The van der Waals surface area contributed by atoms with Crippen molar-refractivity contribution in [1.29, 1.82) is 0 Å². The number of para-hydroxylation sites is 1. The fraction of sp³-hybridized carbons (Fsp3) is 0.105. The van der Waals surface area contributed by atoms with Crippen molar-refractivity contribution in [2.75, 3.05) is 5.32 Å². The van der Waals surface area contributed by atoms with Crippen LogP contribution in [0.25, 0.3) is 16.6 Å². The number of phenolic OH excluding ortho intramolecular Hbond substituents is 1. The summed E-state index contributed by atoms with van der Waals surface area (Å²) >= 11 is 0. The summed E-state index contributed by atoms with van der Waals surface area (Å²) in [5, 5.41) is 30.3. The molecule has 0 unspecified atom stereocenters. The molecule has 0 radical (unpaired) electrons. The lowest BCUT2D eigenvalue weighted by Gasteiger charge is -2.07. The van der Waals surface area contributed by atoms with E-state index in [2.05, 4.69) is 20.6 Å². The molecule has 0 spiro atoms. The molecular formula is C19H15N5O4. The van der Waals surface area contributed by atoms with Crippen molar-refractivity contribution in [1.82, 2.24) is 19.8 Å². The largest absolute Gasteiger partial charge is 0.508 e. The molecule has 0 saturated carbocycles. The van der Waals surface area contributed by atoms with Crippen molar-refractivity contribution in [3.8, 4) is 5.75 Å². The number of hydrogen-bond donors (Lipinski definition) is 3. The number of benzene rings is 2. The van der Waals surface area contributed by atoms with E-state index in [1.165, 1.54) is 12.1 Å². The van der Waals surface area contributed by atoms with Crippen LogP contribution in [0, 0.1) is 0 Å². The lowest BCUT2D eigenvalue weighted by atomic mass is 10.1. The molecule has 2 aromatic carbocycles. The van der Waals surface area contributed by atoms with Gasteiger partial charge in [0, 0.05) is 24.4 Å². The summed E-state index contributed by atoms with van der Waals surface area (Å²) in [7, 11) is 0. The number of phenols is 1. The van der Waals surface area contributed by atoms with Crippen molar-refractivity contribution in [2.45, 2.75) is 12.8 Å². The molecule has 1 amide bonds. The summed E-state index contributed by atoms with van der Waals surface area (Å²) in [6.45, 7) is 0. The third-order valence-electron chi connectivity index (χ3n) is 4.30. The van der Waals surface area contributed by atoms with Gasteiger partial charge in [-0.3, -0.25) is 4.79 Å². The van der Waals surface area contributed by atoms with Gasteiger partial charge in [-0.2, -0.15) is 4.52 Å². The van der Waals surface area contributed by atoms with Gasteiger partial charge in [-0.1, -0.05) is 17.3 Å². The molecule has 0 saturated heterocycles. The van der Waals surface area contributed by atoms with Gasteiger partial charge in [0.25, 0.3) is 0 Å². The number of anilines is 1. The Balaban J connectivity index is 1.52. The fourth-order valence-electron chi connectivity index (χ4n) is 2.95. The number of aryl methyl sites for hydroxylation is 1. The van der Waals surface area contributed by atoms with Gasteiger partial charge >= 0.3 is 5.97 Å². The minimum atomic E-state index is -1.11. The van der Waals surface area contributed by atoms with E-state index < -0.39 is 5.97 Å². The Morgan fingerprint density at radius 2 is 1.96 bits per heavy atom. The van der Waals surface area contributed by atoms with E-state index in [1.807, 2.05) is 0 Å². The lowest BCUT2D eigenvalue weighted by Crippen LogP contribution is -2.15. The predicted octanol–water partition coefficient (Wildman–Crippen LogP) is 2.25. The van der Waals surface area contributed by atoms with Gasteiger partial charge in [-0.15, -0.1) is 5.10 Å². The highest BCUT2D eigenvalue weighted by atomic mass is 16.4. The van der Waals surface area contributed by atoms with Gasteiger partial charge in [-0.25, -0.2) is 9.78 Å². The number of fused-ring (bicyclic) bond motifs is 3. The quantitative estimate of drug-likeness (QED) is 0.486. The number of carbonyl (C=O) groups is 2. The Morgan fingerprint density at radius 3 is 2.79 bits per heavy atom. The van der Waals surface area contributed by atoms with Crippen LogP contribution in [0.1, 0.15) is 22.5 Å². The predicted molar refractivity (Wildman–Crippen MR) is 100 cm³/mol. The Morgan fingerprint density at radius 1 is 1.14 bits per heavy atom. The average molecular weight is 377 g/mol. The number of aromatic nitrogens is 4. The molecule has 0 aliphatic rings. The molecule has 28 heavy (non-hydrogen) atoms. The molecule has 0 fully saturated rings. The minimum Gasteiger partial charge on any atom is -0.508 e. The number of nitrogens with one attached hydrogen (secondary N) is 1. The van der Waals surface area contributed by atoms with E-state index >= 15 is 0 Å². The Bertz CT molecular complexity index is 1220. The number of amides is 1. The summed E-state index contributed by atoms with van der Waals surface area (Å²) < 4.78 is 1.56. The summed E-state index contributed by atoms with van der Waals surface area (Å²) in [6.07, 6.45) is 2.00. The maximum Gasteiger partial charge on any atom is 0.337 e. The standard InChI is InChI=1S/C19H15N5O4/c25-12-5-7-16-11(9-12)10-20-18-15(22-23-24(16)18)6-8-17(26)21-14-4-2-1-3-13(14)19(27)28/h1-5,7,9-10,25H,6,8H2,(H,21,26)(H,27,28). The molecule has 4 aromatic rings. The van der Waals surface area contributed by atoms with Crippen LogP contribution < -0.4 is 5.32 Å². The fourth-order valence-corrected chi connectivity index (χ4v) is 2.95. The van der Waals surface area contributed by atoms with Gasteiger partial charge in [-0.05, 0) is 30.3 Å². The number of carboxylic acid groups (broad SMARTS) is 1. The molecule has 0 atom stereocenters. The maximum atomic E-state index is 12.3. The first-order valence-electron chi connectivity index (χ1n) is 8.47. The van der Waals surface area contributed by atoms with Crippen LogP contribution in [0.15, 0.2) is 48.7 Å². The van der Waals surface area contributed by atoms with Gasteiger partial charge in [0.05, 0.1) is 16.8 Å². The highest BCUT2D eigenvalue weighted by Crippen LogP contribution is 2.21. The molecule has 9 nitrogen and oxygen atoms in total. The summed E-state index contributed by atoms with van der Waals surface area (Å²) in [5.74, 6) is -1.31. The molecule has 0 bridgehead atoms. The van der Waals surface area contributed by atoms with E-state index in [0.29, 0.717) is 23.1 Å². The number of carbonyl (C=O) groups excluding carboxylic acids is 1. The van der Waals surface area contributed by atoms with Crippen molar-refractivity contribution >= 4 is 34.1 Å². The third kappa shape index (κ3) is 3.20. The van der Waals surface area contributed by atoms with E-state index in [-0.39, 0.29) is 29.3 Å². The van der Waals surface area contributed by atoms with Crippen LogP contribution in [0.4, 0.5) is 5.69 Å². The van der Waals surface area contributed by atoms with E-state index in [1.54, 1.807) is 41.0 Å². The van der Waals surface area contributed by atoms with Crippen molar-refractivity contribution < 1.29 is 19.8 Å². The van der Waals surface area contributed by atoms with Gasteiger partial charge in [0.1, 0.15) is 11.4 Å². The minimum absolute atomic E-state index is 0.0290. The number of hydrogen-bond acceptors (Lipinski definition) is 6. The van der Waals surface area contributed by atoms with E-state index in [0.717, 1.165) is 5.52 Å². The van der Waals surface area contributed by atoms with Crippen LogP contribution in [0.2, 0.25) is 0 Å². The molecule has 4 rings (SSSR count). The zero-order chi connectivity index (χ0) is 19.7. The Kier molecular flexibility index (Phi) is 4.32. The third-order valence-corrected chi connectivity index (χ3v) is 4.30. The van der Waals surface area contributed by atoms with Crippen molar-refractivity contribution in [3.05, 3.63) is 59.9 Å². The number of nitrogens with zero attached hydrogens (tertiary/aromatic N) is 4. The zero-order valence-electron chi connectivity index (χ0n) is 14.5. The molecule has 0 aliphatic heterocycles. The molecule has 2 heterocycles. The zero-order valence-corrected chi connectivity index (χ0v) is 14.5. The number of aromatic carboxylic acids is 1. The Labute approximate surface area is 158 Å². The van der Waals surface area contributed by atoms with Crippen LogP contribution in [-0.4, -0.2) is 41.9 Å².